The lowest BCUT2D eigenvalue weighted by Crippen LogP contribution is -2.21. The molecule has 1 unspecified atom stereocenters. The van der Waals surface area contributed by atoms with Gasteiger partial charge in [0.15, 0.2) is 0 Å². The maximum Gasteiger partial charge on any atom is 0.134 e. The molecule has 21 heavy (non-hydrogen) atoms. The van der Waals surface area contributed by atoms with Crippen molar-refractivity contribution in [3.63, 3.8) is 0 Å². The quantitative estimate of drug-likeness (QED) is 0.922. The Balaban J connectivity index is 2.56. The average molecular weight is 291 g/mol. The predicted molar refractivity (Wildman–Crippen MR) is 79.7 cm³/mol. The second-order valence-electron chi connectivity index (χ2n) is 5.09. The fourth-order valence-corrected chi connectivity index (χ4v) is 2.56. The van der Waals surface area contributed by atoms with Crippen LogP contribution >= 0.6 is 0 Å². The third-order valence-electron chi connectivity index (χ3n) is 3.60. The van der Waals surface area contributed by atoms with Crippen LogP contribution < -0.4 is 10.1 Å². The van der Waals surface area contributed by atoms with Gasteiger partial charge in [0.2, 0.25) is 0 Å². The minimum absolute atomic E-state index is 0.00486. The Morgan fingerprint density at radius 2 is 1.67 bits per heavy atom. The average Bonchev–Trinajstić information content (AvgIpc) is 2.43. The summed E-state index contributed by atoms with van der Waals surface area (Å²) in [5, 5.41) is 2.99. The molecule has 0 radical (unpaired) electrons. The highest BCUT2D eigenvalue weighted by Crippen LogP contribution is 2.31. The topological polar surface area (TPSA) is 21.3 Å². The summed E-state index contributed by atoms with van der Waals surface area (Å²) in [5.74, 6) is -1.07. The van der Waals surface area contributed by atoms with Crippen molar-refractivity contribution in [3.05, 3.63) is 64.2 Å². The lowest BCUT2D eigenvalue weighted by atomic mass is 9.93. The van der Waals surface area contributed by atoms with Gasteiger partial charge in [0.1, 0.15) is 17.4 Å². The highest BCUT2D eigenvalue weighted by atomic mass is 19.1. The molecule has 0 amide bonds. The molecule has 1 atom stereocenters. The van der Waals surface area contributed by atoms with Crippen molar-refractivity contribution in [1.29, 1.82) is 0 Å². The largest absolute Gasteiger partial charge is 0.497 e. The predicted octanol–water partition coefficient (Wildman–Crippen LogP) is 3.90. The van der Waals surface area contributed by atoms with E-state index in [0.717, 1.165) is 16.7 Å². The summed E-state index contributed by atoms with van der Waals surface area (Å²) in [7, 11) is 3.07. The van der Waals surface area contributed by atoms with E-state index in [1.165, 1.54) is 19.2 Å². The molecule has 2 nitrogen and oxygen atoms in total. The molecule has 0 spiro atoms. The van der Waals surface area contributed by atoms with Crippen molar-refractivity contribution in [2.75, 3.05) is 14.2 Å². The summed E-state index contributed by atoms with van der Waals surface area (Å²) in [4.78, 5) is 0. The van der Waals surface area contributed by atoms with E-state index in [9.17, 15) is 8.78 Å². The van der Waals surface area contributed by atoms with E-state index >= 15 is 0 Å². The fourth-order valence-electron chi connectivity index (χ4n) is 2.56. The molecule has 0 fully saturated rings. The second-order valence-corrected chi connectivity index (χ2v) is 5.09. The zero-order chi connectivity index (χ0) is 15.6. The monoisotopic (exact) mass is 291 g/mol. The first-order chi connectivity index (χ1) is 9.97. The molecule has 0 heterocycles. The Hall–Kier alpha value is -1.94. The van der Waals surface area contributed by atoms with Gasteiger partial charge in [0, 0.05) is 17.7 Å². The fraction of sp³-hybridized carbons (Fsp3) is 0.294. The molecule has 2 rings (SSSR count). The highest BCUT2D eigenvalue weighted by molar-refractivity contribution is 5.42. The minimum atomic E-state index is -0.619. The van der Waals surface area contributed by atoms with Crippen LogP contribution in [0.1, 0.15) is 28.3 Å². The van der Waals surface area contributed by atoms with Crippen molar-refractivity contribution < 1.29 is 13.5 Å². The van der Waals surface area contributed by atoms with Gasteiger partial charge in [-0.3, -0.25) is 0 Å². The van der Waals surface area contributed by atoms with Crippen LogP contribution in [0.15, 0.2) is 30.3 Å². The first-order valence-electron chi connectivity index (χ1n) is 6.75. The van der Waals surface area contributed by atoms with E-state index in [-0.39, 0.29) is 11.3 Å². The molecule has 0 bridgehead atoms. The Kier molecular flexibility index (Phi) is 4.58. The Bertz CT molecular complexity index is 632. The molecule has 0 aromatic heterocycles. The first-order valence-corrected chi connectivity index (χ1v) is 6.75. The van der Waals surface area contributed by atoms with Crippen molar-refractivity contribution in [1.82, 2.24) is 5.32 Å². The molecule has 0 saturated heterocycles. The van der Waals surface area contributed by atoms with Gasteiger partial charge >= 0.3 is 0 Å². The molecule has 1 N–H and O–H groups in total. The van der Waals surface area contributed by atoms with Crippen LogP contribution in [-0.4, -0.2) is 14.2 Å². The van der Waals surface area contributed by atoms with Crippen LogP contribution in [-0.2, 0) is 0 Å². The molecule has 112 valence electrons. The zero-order valence-corrected chi connectivity index (χ0v) is 12.6. The third kappa shape index (κ3) is 3.05. The number of methoxy groups -OCH3 is 1. The number of halogens is 2. The molecule has 2 aromatic carbocycles. The van der Waals surface area contributed by atoms with Crippen LogP contribution in [0.4, 0.5) is 8.78 Å². The number of benzene rings is 2. The second kappa shape index (κ2) is 6.22. The number of aryl methyl sites for hydroxylation is 2. The van der Waals surface area contributed by atoms with Crippen LogP contribution in [0.25, 0.3) is 0 Å². The van der Waals surface area contributed by atoms with E-state index in [1.807, 2.05) is 32.0 Å². The van der Waals surface area contributed by atoms with Crippen LogP contribution in [0, 0.1) is 25.5 Å². The highest BCUT2D eigenvalue weighted by Gasteiger charge is 2.23. The maximum absolute atomic E-state index is 14.3. The molecular weight excluding hydrogens is 272 g/mol. The van der Waals surface area contributed by atoms with Gasteiger partial charge in [-0.25, -0.2) is 8.78 Å². The lowest BCUT2D eigenvalue weighted by molar-refractivity contribution is 0.403. The first kappa shape index (κ1) is 15.4. The summed E-state index contributed by atoms with van der Waals surface area (Å²) >= 11 is 0. The van der Waals surface area contributed by atoms with Gasteiger partial charge in [-0.05, 0) is 32.0 Å². The van der Waals surface area contributed by atoms with E-state index in [4.69, 9.17) is 4.74 Å². The van der Waals surface area contributed by atoms with E-state index < -0.39 is 17.7 Å². The summed E-state index contributed by atoms with van der Waals surface area (Å²) in [5.41, 5.74) is 2.96. The van der Waals surface area contributed by atoms with Crippen LogP contribution in [0.2, 0.25) is 0 Å². The minimum Gasteiger partial charge on any atom is -0.497 e. The van der Waals surface area contributed by atoms with Crippen LogP contribution in [0.5, 0.6) is 5.75 Å². The molecular formula is C17H19F2NO. The van der Waals surface area contributed by atoms with E-state index in [2.05, 4.69) is 5.32 Å². The normalized spacial score (nSPS) is 12.3. The van der Waals surface area contributed by atoms with E-state index in [0.29, 0.717) is 0 Å². The summed E-state index contributed by atoms with van der Waals surface area (Å²) in [6.45, 7) is 3.92. The van der Waals surface area contributed by atoms with E-state index in [1.54, 1.807) is 7.05 Å². The summed E-state index contributed by atoms with van der Waals surface area (Å²) < 4.78 is 33.4. The van der Waals surface area contributed by atoms with Gasteiger partial charge in [0.25, 0.3) is 0 Å². The number of hydrogen-bond donors (Lipinski definition) is 1. The Morgan fingerprint density at radius 3 is 2.14 bits per heavy atom. The summed E-state index contributed by atoms with van der Waals surface area (Å²) in [6, 6.07) is 7.69. The standard InChI is InChI=1S/C17H19F2NO/c1-10-5-6-13(11(2)7-10)17(20-3)16-14(18)8-12(21-4)9-15(16)19/h5-9,17,20H,1-4H3. The molecule has 4 heteroatoms. The SMILES string of the molecule is CNC(c1ccc(C)cc1C)c1c(F)cc(OC)cc1F. The van der Waals surface area contributed by atoms with Crippen molar-refractivity contribution >= 4 is 0 Å². The van der Waals surface area contributed by atoms with Gasteiger partial charge < -0.3 is 10.1 Å². The molecule has 0 aliphatic heterocycles. The third-order valence-corrected chi connectivity index (χ3v) is 3.60. The van der Waals surface area contributed by atoms with Gasteiger partial charge in [-0.2, -0.15) is 0 Å². The number of ether oxygens (including phenoxy) is 1. The van der Waals surface area contributed by atoms with Crippen molar-refractivity contribution in [2.24, 2.45) is 0 Å². The maximum atomic E-state index is 14.3. The van der Waals surface area contributed by atoms with Crippen molar-refractivity contribution in [3.8, 4) is 5.75 Å². The number of hydrogen-bond acceptors (Lipinski definition) is 2. The van der Waals surface area contributed by atoms with Gasteiger partial charge in [0.05, 0.1) is 13.2 Å². The lowest BCUT2D eigenvalue weighted by Gasteiger charge is -2.21. The smallest absolute Gasteiger partial charge is 0.134 e. The number of rotatable bonds is 4. The zero-order valence-electron chi connectivity index (χ0n) is 12.6. The Morgan fingerprint density at radius 1 is 1.05 bits per heavy atom. The van der Waals surface area contributed by atoms with Crippen LogP contribution in [0.3, 0.4) is 0 Å². The molecule has 0 saturated carbocycles. The molecule has 2 aromatic rings. The Labute approximate surface area is 123 Å². The summed E-state index contributed by atoms with van der Waals surface area (Å²) in [6.07, 6.45) is 0. The molecule has 0 aliphatic carbocycles. The van der Waals surface area contributed by atoms with Crippen molar-refractivity contribution in [2.45, 2.75) is 19.9 Å². The van der Waals surface area contributed by atoms with Gasteiger partial charge in [-0.1, -0.05) is 23.8 Å². The molecule has 0 aliphatic rings. The van der Waals surface area contributed by atoms with Gasteiger partial charge in [-0.15, -0.1) is 0 Å². The number of nitrogens with one attached hydrogen (secondary N) is 1.